The Kier molecular flexibility index (Phi) is 7.89. The summed E-state index contributed by atoms with van der Waals surface area (Å²) < 4.78 is 0. The second-order valence-corrected chi connectivity index (χ2v) is 7.24. The van der Waals surface area contributed by atoms with Gasteiger partial charge in [-0.15, -0.1) is 24.0 Å². The zero-order chi connectivity index (χ0) is 18.5. The van der Waals surface area contributed by atoms with Crippen LogP contribution in [0.1, 0.15) is 49.4 Å². The molecule has 1 aliphatic heterocycles. The van der Waals surface area contributed by atoms with Crippen LogP contribution < -0.4 is 16.0 Å². The van der Waals surface area contributed by atoms with Gasteiger partial charge in [-0.2, -0.15) is 0 Å². The first-order valence-corrected chi connectivity index (χ1v) is 9.41. The van der Waals surface area contributed by atoms with Gasteiger partial charge in [0.2, 0.25) is 0 Å². The van der Waals surface area contributed by atoms with Gasteiger partial charge in [-0.3, -0.25) is 0 Å². The quantitative estimate of drug-likeness (QED) is 0.372. The summed E-state index contributed by atoms with van der Waals surface area (Å²) in [4.78, 5) is 11.6. The molecule has 0 bridgehead atoms. The molecule has 0 amide bonds. The molecule has 1 fully saturated rings. The molecule has 2 heterocycles. The van der Waals surface area contributed by atoms with Crippen molar-refractivity contribution in [2.24, 2.45) is 10.7 Å². The third-order valence-electron chi connectivity index (χ3n) is 4.75. The smallest absolute Gasteiger partial charge is 0.193 e. The zero-order valence-corrected chi connectivity index (χ0v) is 18.7. The Morgan fingerprint density at radius 2 is 1.96 bits per heavy atom. The molecule has 0 aliphatic carbocycles. The van der Waals surface area contributed by atoms with Crippen molar-refractivity contribution in [2.45, 2.75) is 46.1 Å². The van der Waals surface area contributed by atoms with E-state index in [9.17, 15) is 0 Å². The highest BCUT2D eigenvalue weighted by Gasteiger charge is 2.17. The minimum absolute atomic E-state index is 0. The van der Waals surface area contributed by atoms with Crippen LogP contribution in [0.5, 0.6) is 0 Å². The summed E-state index contributed by atoms with van der Waals surface area (Å²) in [6.45, 7) is 9.07. The second-order valence-electron chi connectivity index (χ2n) is 7.24. The lowest BCUT2D eigenvalue weighted by Crippen LogP contribution is -2.24. The molecule has 1 aromatic heterocycles. The number of aliphatic imine (C=N–C) groups is 1. The summed E-state index contributed by atoms with van der Waals surface area (Å²) in [6.07, 6.45) is 2.46. The largest absolute Gasteiger partial charge is 0.370 e. The van der Waals surface area contributed by atoms with E-state index in [1.807, 2.05) is 25.1 Å². The molecule has 1 aromatic carbocycles. The molecule has 3 rings (SSSR count). The van der Waals surface area contributed by atoms with Crippen LogP contribution in [0.3, 0.4) is 0 Å². The van der Waals surface area contributed by atoms with E-state index in [4.69, 9.17) is 10.7 Å². The van der Waals surface area contributed by atoms with Gasteiger partial charge >= 0.3 is 0 Å². The van der Waals surface area contributed by atoms with Crippen molar-refractivity contribution in [3.05, 3.63) is 53.2 Å². The maximum absolute atomic E-state index is 6.12. The number of benzene rings is 1. The van der Waals surface area contributed by atoms with Crippen molar-refractivity contribution in [1.29, 1.82) is 0 Å². The summed E-state index contributed by atoms with van der Waals surface area (Å²) in [7, 11) is 0. The normalized spacial score (nSPS) is 14.4. The second kappa shape index (κ2) is 9.92. The van der Waals surface area contributed by atoms with Crippen LogP contribution >= 0.6 is 24.0 Å². The van der Waals surface area contributed by atoms with Crippen LogP contribution in [0.4, 0.5) is 11.5 Å². The van der Waals surface area contributed by atoms with Crippen LogP contribution in [-0.4, -0.2) is 24.0 Å². The summed E-state index contributed by atoms with van der Waals surface area (Å²) in [6, 6.07) is 12.5. The SMILES string of the molecule is Cc1ccc(CN=C(N)Nc2cccc(C(C)C)c2)c(N2CCCC2)n1.I. The first kappa shape index (κ1) is 21.5. The van der Waals surface area contributed by atoms with E-state index in [0.29, 0.717) is 18.4 Å². The Hall–Kier alpha value is -1.83. The highest BCUT2D eigenvalue weighted by Crippen LogP contribution is 2.24. The number of halogens is 1. The Labute approximate surface area is 179 Å². The highest BCUT2D eigenvalue weighted by molar-refractivity contribution is 14.0. The van der Waals surface area contributed by atoms with Gasteiger partial charge in [0.15, 0.2) is 5.96 Å². The van der Waals surface area contributed by atoms with Crippen molar-refractivity contribution in [2.75, 3.05) is 23.3 Å². The maximum Gasteiger partial charge on any atom is 0.193 e. The lowest BCUT2D eigenvalue weighted by atomic mass is 10.0. The van der Waals surface area contributed by atoms with Crippen LogP contribution in [0.25, 0.3) is 0 Å². The first-order valence-electron chi connectivity index (χ1n) is 9.41. The van der Waals surface area contributed by atoms with Crippen LogP contribution in [-0.2, 0) is 6.54 Å². The molecule has 5 nitrogen and oxygen atoms in total. The molecule has 0 saturated carbocycles. The number of pyridine rings is 1. The monoisotopic (exact) mass is 479 g/mol. The molecule has 1 saturated heterocycles. The van der Waals surface area contributed by atoms with Crippen molar-refractivity contribution in [1.82, 2.24) is 4.98 Å². The molecule has 6 heteroatoms. The maximum atomic E-state index is 6.12. The van der Waals surface area contributed by atoms with Crippen molar-refractivity contribution < 1.29 is 0 Å². The van der Waals surface area contributed by atoms with E-state index in [1.54, 1.807) is 0 Å². The summed E-state index contributed by atoms with van der Waals surface area (Å²) in [5.74, 6) is 1.97. The third-order valence-corrected chi connectivity index (χ3v) is 4.75. The lowest BCUT2D eigenvalue weighted by Gasteiger charge is -2.20. The molecule has 3 N–H and O–H groups in total. The fourth-order valence-electron chi connectivity index (χ4n) is 3.23. The van der Waals surface area contributed by atoms with E-state index in [2.05, 4.69) is 47.3 Å². The fourth-order valence-corrected chi connectivity index (χ4v) is 3.23. The Balaban J connectivity index is 0.00000261. The van der Waals surface area contributed by atoms with Gasteiger partial charge in [0, 0.05) is 30.0 Å². The lowest BCUT2D eigenvalue weighted by molar-refractivity contribution is 0.867. The average molecular weight is 479 g/mol. The highest BCUT2D eigenvalue weighted by atomic mass is 127. The topological polar surface area (TPSA) is 66.5 Å². The number of aromatic nitrogens is 1. The number of nitrogens with two attached hydrogens (primary N) is 1. The van der Waals surface area contributed by atoms with Gasteiger partial charge in [-0.1, -0.05) is 32.0 Å². The number of anilines is 2. The molecule has 0 radical (unpaired) electrons. The standard InChI is InChI=1S/C21H29N5.HI/c1-15(2)17-7-6-8-19(13-17)25-21(22)23-14-18-10-9-16(3)24-20(18)26-11-4-5-12-26;/h6-10,13,15H,4-5,11-12,14H2,1-3H3,(H3,22,23,25);1H. The van der Waals surface area contributed by atoms with Crippen molar-refractivity contribution >= 4 is 41.4 Å². The van der Waals surface area contributed by atoms with Crippen molar-refractivity contribution in [3.63, 3.8) is 0 Å². The number of nitrogens with zero attached hydrogens (tertiary/aromatic N) is 3. The average Bonchev–Trinajstić information content (AvgIpc) is 3.15. The molecule has 27 heavy (non-hydrogen) atoms. The van der Waals surface area contributed by atoms with Gasteiger partial charge in [-0.05, 0) is 49.4 Å². The molecule has 1 aliphatic rings. The van der Waals surface area contributed by atoms with Crippen LogP contribution in [0.2, 0.25) is 0 Å². The number of hydrogen-bond donors (Lipinski definition) is 2. The number of nitrogens with one attached hydrogen (secondary N) is 1. The molecular formula is C21H30IN5. The van der Waals surface area contributed by atoms with Crippen LogP contribution in [0.15, 0.2) is 41.4 Å². The molecule has 0 unspecified atom stereocenters. The first-order chi connectivity index (χ1) is 12.5. The predicted octanol–water partition coefficient (Wildman–Crippen LogP) is 4.66. The van der Waals surface area contributed by atoms with E-state index < -0.39 is 0 Å². The van der Waals surface area contributed by atoms with E-state index in [0.717, 1.165) is 35.9 Å². The number of aryl methyl sites for hydroxylation is 1. The van der Waals surface area contributed by atoms with Gasteiger partial charge in [0.1, 0.15) is 5.82 Å². The Bertz CT molecular complexity index is 782. The fraction of sp³-hybridized carbons (Fsp3) is 0.429. The van der Waals surface area contributed by atoms with E-state index in [-0.39, 0.29) is 24.0 Å². The minimum atomic E-state index is 0. The minimum Gasteiger partial charge on any atom is -0.370 e. The molecule has 2 aromatic rings. The summed E-state index contributed by atoms with van der Waals surface area (Å²) in [5, 5.41) is 3.20. The molecular weight excluding hydrogens is 449 g/mol. The van der Waals surface area contributed by atoms with Gasteiger partial charge in [0.05, 0.1) is 6.54 Å². The molecule has 0 atom stereocenters. The zero-order valence-electron chi connectivity index (χ0n) is 16.4. The van der Waals surface area contributed by atoms with Crippen molar-refractivity contribution in [3.8, 4) is 0 Å². The van der Waals surface area contributed by atoms with Gasteiger partial charge in [0.25, 0.3) is 0 Å². The Morgan fingerprint density at radius 3 is 2.67 bits per heavy atom. The summed E-state index contributed by atoms with van der Waals surface area (Å²) in [5.41, 5.74) is 10.5. The predicted molar refractivity (Wildman–Crippen MR) is 125 cm³/mol. The molecule has 146 valence electrons. The van der Waals surface area contributed by atoms with E-state index >= 15 is 0 Å². The number of rotatable bonds is 5. The van der Waals surface area contributed by atoms with Crippen LogP contribution in [0, 0.1) is 6.92 Å². The van der Waals surface area contributed by atoms with E-state index in [1.165, 1.54) is 18.4 Å². The molecule has 0 spiro atoms. The number of hydrogen-bond acceptors (Lipinski definition) is 3. The Morgan fingerprint density at radius 1 is 1.22 bits per heavy atom. The third kappa shape index (κ3) is 5.82. The number of guanidine groups is 1. The van der Waals surface area contributed by atoms with Gasteiger partial charge < -0.3 is 16.0 Å². The summed E-state index contributed by atoms with van der Waals surface area (Å²) >= 11 is 0. The van der Waals surface area contributed by atoms with Gasteiger partial charge in [-0.25, -0.2) is 9.98 Å².